The summed E-state index contributed by atoms with van der Waals surface area (Å²) in [6.07, 6.45) is 1.81. The van der Waals surface area contributed by atoms with Crippen LogP contribution in [0.3, 0.4) is 0 Å². The summed E-state index contributed by atoms with van der Waals surface area (Å²) in [4.78, 5) is 65.4. The molecule has 0 radical (unpaired) electrons. The molecule has 0 atom stereocenters. The lowest BCUT2D eigenvalue weighted by Crippen LogP contribution is -2.53. The lowest BCUT2D eigenvalue weighted by molar-refractivity contribution is 0.416. The number of nitrogens with zero attached hydrogens (tertiary/aromatic N) is 18. The molecule has 12 aromatic rings. The Morgan fingerprint density at radius 1 is 0.307 bits per heavy atom. The highest BCUT2D eigenvalue weighted by molar-refractivity contribution is 6.78. The van der Waals surface area contributed by atoms with E-state index in [4.69, 9.17) is 66.9 Å². The molecule has 0 amide bonds. The highest BCUT2D eigenvalue weighted by atomic mass is 28.4. The minimum absolute atomic E-state index is 0.343. The number of aliphatic imine (C=N–C) groups is 8. The highest BCUT2D eigenvalue weighted by Gasteiger charge is 2.49. The van der Waals surface area contributed by atoms with E-state index in [1.807, 2.05) is 97.1 Å². The second-order valence-corrected chi connectivity index (χ2v) is 41.1. The molecule has 8 aliphatic rings. The summed E-state index contributed by atoms with van der Waals surface area (Å²) in [7, 11) is -5.78. The lowest BCUT2D eigenvalue weighted by atomic mass is 9.82. The SMILES string of the molecule is C[Si](C)(CCCC(C#N)(C#N)CCC[Si](C)(C)[O][Al]1[n]2c3c4ccccc4c2N=C2N=C(N=c4c5ccccc5c([n]41)=NC1=NC(=N3)c3ccccc31)c1ccccc12)[O][Al]1[n]2c3c4ccccc4c2N=C2N=C(N=c4c5ccccc5c([n]41)=NC1=NC(=N3)c3ccccc31)c1ccccc12. The Balaban J connectivity index is 0.661. The van der Waals surface area contributed by atoms with Crippen LogP contribution >= 0.6 is 0 Å². The first-order valence-corrected chi connectivity index (χ1v) is 43.3. The van der Waals surface area contributed by atoms with E-state index in [1.165, 1.54) is 0 Å². The van der Waals surface area contributed by atoms with Crippen LogP contribution in [0.2, 0.25) is 38.3 Å². The van der Waals surface area contributed by atoms with Gasteiger partial charge < -0.3 is 21.2 Å². The minimum Gasteiger partial charge on any atom is -0.509 e. The van der Waals surface area contributed by atoms with Gasteiger partial charge in [-0.2, -0.15) is 10.5 Å². The Bertz CT molecular complexity index is 5730. The van der Waals surface area contributed by atoms with Crippen molar-refractivity contribution in [1.29, 1.82) is 10.5 Å². The number of rotatable bonds is 12. The number of hydrogen-bond acceptors (Lipinski definition) is 16. The smallest absolute Gasteiger partial charge is 0.509 e. The van der Waals surface area contributed by atoms with Crippen LogP contribution in [0.15, 0.2) is 254 Å². The first kappa shape index (κ1) is 59.9. The van der Waals surface area contributed by atoms with Gasteiger partial charge in [-0.3, -0.25) is 0 Å². The Hall–Kier alpha value is -11.1. The first-order valence-electron chi connectivity index (χ1n) is 34.0. The molecule has 8 aliphatic heterocycles. The van der Waals surface area contributed by atoms with Crippen LogP contribution in [-0.4, -0.2) is 107 Å². The third kappa shape index (κ3) is 9.28. The molecule has 8 aromatic carbocycles. The number of fused-ring (bicyclic) bond motifs is 28. The maximum atomic E-state index is 11.4. The molecule has 4 aromatic heterocycles. The fourth-order valence-corrected chi connectivity index (χ4v) is 28.6. The van der Waals surface area contributed by atoms with Gasteiger partial charge in [0.05, 0.1) is 12.1 Å². The second kappa shape index (κ2) is 22.4. The standard InChI is InChI=1S/2C32H16N8.C13H24N2O2Si2.2Al/c2*1-2-10-18-17(9-1)25-33-26(18)38-28-21-13-5-6-14-22(21)30(35-28)40-32-24-16-8-7-15-23(24)31(36-32)39-29-20-12-4-3-11-19(20)27(34-29)37-25;1-18(2,16)9-5-7-13(11-14,12-15)8-6-10-19(3,4)17;;/h2*1-16H;5-10H2,1-4H3;;/q3*-2;2*+3. The molecule has 0 aliphatic carbocycles. The number of benzene rings is 8. The molecule has 12 heterocycles. The molecule has 0 fully saturated rings. The van der Waals surface area contributed by atoms with Crippen LogP contribution in [0.25, 0.3) is 43.1 Å². The molecule has 101 heavy (non-hydrogen) atoms. The molecule has 24 heteroatoms. The zero-order valence-corrected chi connectivity index (χ0v) is 59.5. The van der Waals surface area contributed by atoms with Crippen LogP contribution < -0.4 is 22.0 Å². The van der Waals surface area contributed by atoms with Crippen molar-refractivity contribution in [2.75, 3.05) is 0 Å². The average molecular weight is 1380 g/mol. The Kier molecular flexibility index (Phi) is 13.3. The predicted octanol–water partition coefficient (Wildman–Crippen LogP) is 12.9. The molecule has 480 valence electrons. The van der Waals surface area contributed by atoms with Gasteiger partial charge in [0.15, 0.2) is 63.3 Å². The maximum absolute atomic E-state index is 11.4. The normalized spacial score (nSPS) is 15.6. The zero-order chi connectivity index (χ0) is 67.6. The summed E-state index contributed by atoms with van der Waals surface area (Å²) < 4.78 is 25.1. The first-order chi connectivity index (χ1) is 49.4. The molecule has 20 rings (SSSR count). The van der Waals surface area contributed by atoms with Gasteiger partial charge >= 0.3 is 29.8 Å². The number of hydrogen-bond donors (Lipinski definition) is 0. The average Bonchev–Trinajstić information content (AvgIpc) is 1.56. The monoisotopic (exact) mass is 1370 g/mol. The summed E-state index contributed by atoms with van der Waals surface area (Å²) in [6, 6.07) is 72.0. The topological polar surface area (TPSA) is 234 Å². The van der Waals surface area contributed by atoms with E-state index < -0.39 is 51.9 Å². The number of nitriles is 2. The van der Waals surface area contributed by atoms with Crippen molar-refractivity contribution in [1.82, 2.24) is 14.2 Å². The molecule has 0 spiro atoms. The largest absolute Gasteiger partial charge is 0.798 e. The van der Waals surface area contributed by atoms with Crippen molar-refractivity contribution in [2.45, 2.75) is 64.0 Å². The number of aromatic nitrogens is 4. The highest BCUT2D eigenvalue weighted by Crippen LogP contribution is 2.45. The van der Waals surface area contributed by atoms with Crippen molar-refractivity contribution in [3.05, 3.63) is 261 Å². The van der Waals surface area contributed by atoms with E-state index in [2.05, 4.69) is 150 Å². The van der Waals surface area contributed by atoms with Gasteiger partial charge in [-0.15, -0.1) is 0 Å². The molecule has 0 saturated heterocycles. The lowest BCUT2D eigenvalue weighted by Gasteiger charge is -2.31. The molecule has 20 nitrogen and oxygen atoms in total. The summed E-state index contributed by atoms with van der Waals surface area (Å²) in [6.45, 7) is 8.98. The van der Waals surface area contributed by atoms with Gasteiger partial charge in [0.25, 0.3) is 0 Å². The van der Waals surface area contributed by atoms with Gasteiger partial charge in [0, 0.05) is 87.6 Å². The van der Waals surface area contributed by atoms with Gasteiger partial charge in [-0.1, -0.05) is 207 Å². The Labute approximate surface area is 589 Å². The van der Waals surface area contributed by atoms with E-state index in [1.54, 1.807) is 0 Å². The minimum atomic E-state index is -3.22. The Morgan fingerprint density at radius 3 is 0.762 bits per heavy atom. The quantitative estimate of drug-likeness (QED) is 0.109. The van der Waals surface area contributed by atoms with E-state index >= 15 is 0 Å². The predicted molar refractivity (Wildman–Crippen MR) is 401 cm³/mol. The van der Waals surface area contributed by atoms with E-state index in [-0.39, 0.29) is 0 Å². The van der Waals surface area contributed by atoms with Gasteiger partial charge in [-0.05, 0) is 51.1 Å². The van der Waals surface area contributed by atoms with Crippen LogP contribution in [-0.2, 0) is 6.96 Å². The third-order valence-corrected chi connectivity index (χ3v) is 34.2. The van der Waals surface area contributed by atoms with Crippen LogP contribution in [0, 0.1) is 28.1 Å². The van der Waals surface area contributed by atoms with Crippen LogP contribution in [0.4, 0.5) is 23.3 Å². The van der Waals surface area contributed by atoms with E-state index in [9.17, 15) is 10.5 Å². The van der Waals surface area contributed by atoms with Gasteiger partial charge in [-0.25, -0.2) is 59.9 Å². The molecular weight excluding hydrogens is 1320 g/mol. The zero-order valence-electron chi connectivity index (χ0n) is 55.2. The molecule has 0 N–H and O–H groups in total. The molecule has 12 bridgehead atoms. The third-order valence-electron chi connectivity index (χ3n) is 20.6. The van der Waals surface area contributed by atoms with Crippen molar-refractivity contribution in [3.8, 4) is 12.1 Å². The van der Waals surface area contributed by atoms with Crippen molar-refractivity contribution >= 4 is 160 Å². The summed E-state index contributed by atoms with van der Waals surface area (Å²) in [5, 5.41) is 29.9. The summed E-state index contributed by atoms with van der Waals surface area (Å²) in [5.74, 6) is 7.10. The summed E-state index contributed by atoms with van der Waals surface area (Å²) in [5.41, 5.74) is 8.42. The van der Waals surface area contributed by atoms with Crippen molar-refractivity contribution in [2.24, 2.45) is 65.3 Å². The molecule has 0 unspecified atom stereocenters. The van der Waals surface area contributed by atoms with Crippen molar-refractivity contribution in [3.63, 3.8) is 0 Å². The fraction of sp³-hybridized carbons (Fsp3) is 0.143. The Morgan fingerprint density at radius 2 is 0.525 bits per heavy atom. The maximum Gasteiger partial charge on any atom is 0.798 e. The van der Waals surface area contributed by atoms with Crippen molar-refractivity contribution < 1.29 is 6.96 Å². The van der Waals surface area contributed by atoms with Gasteiger partial charge in [0.1, 0.15) is 50.6 Å². The second-order valence-electron chi connectivity index (χ2n) is 27.8. The van der Waals surface area contributed by atoms with Gasteiger partial charge in [0.2, 0.25) is 0 Å². The molecule has 0 saturated carbocycles. The van der Waals surface area contributed by atoms with E-state index in [0.717, 1.165) is 87.6 Å². The molecular formula is C77H56Al2N18O2Si2. The fourth-order valence-electron chi connectivity index (χ4n) is 15.7. The van der Waals surface area contributed by atoms with Crippen LogP contribution in [0.5, 0.6) is 0 Å². The number of amidine groups is 8. The summed E-state index contributed by atoms with van der Waals surface area (Å²) >= 11 is -6.45. The van der Waals surface area contributed by atoms with Crippen LogP contribution in [0.1, 0.15) is 70.2 Å². The van der Waals surface area contributed by atoms with E-state index in [0.29, 0.717) is 130 Å².